The highest BCUT2D eigenvalue weighted by molar-refractivity contribution is 9.10. The molecule has 1 heterocycles. The second-order valence-corrected chi connectivity index (χ2v) is 5.51. The highest BCUT2D eigenvalue weighted by Crippen LogP contribution is 2.31. The Bertz CT molecular complexity index is 478. The van der Waals surface area contributed by atoms with Gasteiger partial charge in [-0.25, -0.2) is 0 Å². The van der Waals surface area contributed by atoms with E-state index in [9.17, 15) is 0 Å². The lowest BCUT2D eigenvalue weighted by molar-refractivity contribution is 0.884. The number of halogens is 1. The van der Waals surface area contributed by atoms with Gasteiger partial charge in [-0.2, -0.15) is 0 Å². The predicted octanol–water partition coefficient (Wildman–Crippen LogP) is 4.12. The molecule has 3 heteroatoms. The molecule has 0 aliphatic heterocycles. The predicted molar refractivity (Wildman–Crippen MR) is 73.9 cm³/mol. The number of thiophene rings is 1. The number of rotatable bonds is 3. The van der Waals surface area contributed by atoms with Crippen molar-refractivity contribution in [1.29, 1.82) is 0 Å². The molecule has 84 valence electrons. The van der Waals surface area contributed by atoms with Crippen LogP contribution in [0.3, 0.4) is 0 Å². The Balaban J connectivity index is 2.33. The van der Waals surface area contributed by atoms with Gasteiger partial charge in [-0.1, -0.05) is 31.2 Å². The maximum Gasteiger partial charge on any atom is 0.0657 e. The first-order chi connectivity index (χ1) is 7.72. The monoisotopic (exact) mass is 295 g/mol. The fourth-order valence-electron chi connectivity index (χ4n) is 1.69. The maximum absolute atomic E-state index is 6.27. The van der Waals surface area contributed by atoms with Crippen molar-refractivity contribution in [2.45, 2.75) is 19.4 Å². The number of benzene rings is 1. The quantitative estimate of drug-likeness (QED) is 0.906. The molecule has 0 fully saturated rings. The Kier molecular flexibility index (Phi) is 3.79. The van der Waals surface area contributed by atoms with Crippen molar-refractivity contribution in [2.75, 3.05) is 0 Å². The summed E-state index contributed by atoms with van der Waals surface area (Å²) in [7, 11) is 0. The average Bonchev–Trinajstić information content (AvgIpc) is 2.74. The standard InChI is InChI=1S/C13H14BrNS/c1-2-9-4-3-5-10(8-9)12(15)13-11(14)6-7-16-13/h3-8,12H,2,15H2,1H3. The minimum atomic E-state index is -0.0270. The molecule has 2 rings (SSSR count). The molecule has 16 heavy (non-hydrogen) atoms. The average molecular weight is 296 g/mol. The van der Waals surface area contributed by atoms with Crippen LogP contribution >= 0.6 is 27.3 Å². The van der Waals surface area contributed by atoms with Crippen LogP contribution in [0.5, 0.6) is 0 Å². The molecule has 2 aromatic rings. The Labute approximate surface area is 108 Å². The summed E-state index contributed by atoms with van der Waals surface area (Å²) in [6, 6.07) is 10.5. The third-order valence-electron chi connectivity index (χ3n) is 2.65. The SMILES string of the molecule is CCc1cccc(C(N)c2sccc2Br)c1. The van der Waals surface area contributed by atoms with E-state index in [0.29, 0.717) is 0 Å². The van der Waals surface area contributed by atoms with Gasteiger partial charge in [0, 0.05) is 9.35 Å². The van der Waals surface area contributed by atoms with Crippen LogP contribution < -0.4 is 5.73 Å². The van der Waals surface area contributed by atoms with E-state index >= 15 is 0 Å². The smallest absolute Gasteiger partial charge is 0.0657 e. The van der Waals surface area contributed by atoms with Gasteiger partial charge >= 0.3 is 0 Å². The topological polar surface area (TPSA) is 26.0 Å². The van der Waals surface area contributed by atoms with Crippen molar-refractivity contribution in [3.63, 3.8) is 0 Å². The summed E-state index contributed by atoms with van der Waals surface area (Å²) in [6.07, 6.45) is 1.05. The molecule has 1 unspecified atom stereocenters. The summed E-state index contributed by atoms with van der Waals surface area (Å²) in [5.74, 6) is 0. The molecule has 1 aromatic heterocycles. The molecule has 0 bridgehead atoms. The lowest BCUT2D eigenvalue weighted by Crippen LogP contribution is -2.10. The zero-order valence-corrected chi connectivity index (χ0v) is 11.5. The van der Waals surface area contributed by atoms with Crippen LogP contribution in [-0.2, 0) is 6.42 Å². The summed E-state index contributed by atoms with van der Waals surface area (Å²) >= 11 is 5.22. The van der Waals surface area contributed by atoms with E-state index in [0.717, 1.165) is 10.9 Å². The molecule has 0 aliphatic rings. The van der Waals surface area contributed by atoms with Gasteiger partial charge in [-0.15, -0.1) is 11.3 Å². The second kappa shape index (κ2) is 5.13. The Morgan fingerprint density at radius 1 is 1.38 bits per heavy atom. The Morgan fingerprint density at radius 3 is 2.81 bits per heavy atom. The minimum absolute atomic E-state index is 0.0270. The van der Waals surface area contributed by atoms with Crippen LogP contribution in [0.4, 0.5) is 0 Å². The van der Waals surface area contributed by atoms with Crippen LogP contribution in [0.2, 0.25) is 0 Å². The van der Waals surface area contributed by atoms with Gasteiger partial charge in [0.15, 0.2) is 0 Å². The van der Waals surface area contributed by atoms with Gasteiger partial charge in [0.2, 0.25) is 0 Å². The molecule has 0 amide bonds. The molecule has 2 N–H and O–H groups in total. The number of aryl methyl sites for hydroxylation is 1. The molecule has 0 spiro atoms. The summed E-state index contributed by atoms with van der Waals surface area (Å²) < 4.78 is 1.10. The zero-order valence-electron chi connectivity index (χ0n) is 9.11. The van der Waals surface area contributed by atoms with Crippen LogP contribution in [0, 0.1) is 0 Å². The fourth-order valence-corrected chi connectivity index (χ4v) is 3.33. The first-order valence-electron chi connectivity index (χ1n) is 5.29. The maximum atomic E-state index is 6.27. The Hall–Kier alpha value is -0.640. The Morgan fingerprint density at radius 2 is 2.19 bits per heavy atom. The number of nitrogens with two attached hydrogens (primary N) is 1. The minimum Gasteiger partial charge on any atom is -0.320 e. The molecule has 1 atom stereocenters. The van der Waals surface area contributed by atoms with E-state index in [4.69, 9.17) is 5.73 Å². The number of hydrogen-bond donors (Lipinski definition) is 1. The molecule has 0 aliphatic carbocycles. The molecule has 0 saturated carbocycles. The highest BCUT2D eigenvalue weighted by Gasteiger charge is 2.13. The van der Waals surface area contributed by atoms with Gasteiger partial charge in [0.1, 0.15) is 0 Å². The first kappa shape index (κ1) is 11.8. The van der Waals surface area contributed by atoms with Crippen molar-refractivity contribution in [3.05, 3.63) is 56.2 Å². The van der Waals surface area contributed by atoms with E-state index in [2.05, 4.69) is 52.5 Å². The molecule has 1 nitrogen and oxygen atoms in total. The number of hydrogen-bond acceptors (Lipinski definition) is 2. The van der Waals surface area contributed by atoms with Crippen LogP contribution in [0.25, 0.3) is 0 Å². The molecule has 0 radical (unpaired) electrons. The van der Waals surface area contributed by atoms with E-state index in [-0.39, 0.29) is 6.04 Å². The third-order valence-corrected chi connectivity index (χ3v) is 4.60. The summed E-state index contributed by atoms with van der Waals surface area (Å²) in [5, 5.41) is 2.06. The van der Waals surface area contributed by atoms with Crippen molar-refractivity contribution in [1.82, 2.24) is 0 Å². The molecular weight excluding hydrogens is 282 g/mol. The van der Waals surface area contributed by atoms with Gasteiger partial charge in [0.05, 0.1) is 6.04 Å². The largest absolute Gasteiger partial charge is 0.320 e. The fraction of sp³-hybridized carbons (Fsp3) is 0.231. The van der Waals surface area contributed by atoms with Crippen LogP contribution in [0.15, 0.2) is 40.2 Å². The molecule has 0 saturated heterocycles. The third kappa shape index (κ3) is 2.37. The van der Waals surface area contributed by atoms with Gasteiger partial charge in [0.25, 0.3) is 0 Å². The van der Waals surface area contributed by atoms with Crippen molar-refractivity contribution in [2.24, 2.45) is 5.73 Å². The van der Waals surface area contributed by atoms with Crippen molar-refractivity contribution >= 4 is 27.3 Å². The van der Waals surface area contributed by atoms with Crippen molar-refractivity contribution in [3.8, 4) is 0 Å². The molecule has 1 aromatic carbocycles. The van der Waals surface area contributed by atoms with Crippen molar-refractivity contribution < 1.29 is 0 Å². The van der Waals surface area contributed by atoms with Crippen LogP contribution in [0.1, 0.15) is 29.0 Å². The zero-order chi connectivity index (χ0) is 11.5. The van der Waals surface area contributed by atoms with E-state index < -0.39 is 0 Å². The van der Waals surface area contributed by atoms with E-state index in [1.54, 1.807) is 11.3 Å². The van der Waals surface area contributed by atoms with Gasteiger partial charge in [-0.3, -0.25) is 0 Å². The normalized spacial score (nSPS) is 12.7. The summed E-state index contributed by atoms with van der Waals surface area (Å²) in [5.41, 5.74) is 8.78. The van der Waals surface area contributed by atoms with E-state index in [1.165, 1.54) is 16.0 Å². The van der Waals surface area contributed by atoms with Crippen LogP contribution in [-0.4, -0.2) is 0 Å². The first-order valence-corrected chi connectivity index (χ1v) is 6.97. The summed E-state index contributed by atoms with van der Waals surface area (Å²) in [6.45, 7) is 2.16. The second-order valence-electron chi connectivity index (χ2n) is 3.71. The summed E-state index contributed by atoms with van der Waals surface area (Å²) in [4.78, 5) is 1.19. The lowest BCUT2D eigenvalue weighted by atomic mass is 10.0. The van der Waals surface area contributed by atoms with Gasteiger partial charge < -0.3 is 5.73 Å². The highest BCUT2D eigenvalue weighted by atomic mass is 79.9. The van der Waals surface area contributed by atoms with Gasteiger partial charge in [-0.05, 0) is 44.9 Å². The van der Waals surface area contributed by atoms with E-state index in [1.807, 2.05) is 6.07 Å². The molecular formula is C13H14BrNS. The lowest BCUT2D eigenvalue weighted by Gasteiger charge is -2.12.